The van der Waals surface area contributed by atoms with Crippen LogP contribution in [0.1, 0.15) is 45.6 Å². The van der Waals surface area contributed by atoms with Crippen molar-refractivity contribution < 1.29 is 9.53 Å². The highest BCUT2D eigenvalue weighted by Crippen LogP contribution is 2.41. The highest BCUT2D eigenvalue weighted by Gasteiger charge is 2.38. The smallest absolute Gasteiger partial charge is 0.136 e. The lowest BCUT2D eigenvalue weighted by atomic mass is 9.66. The van der Waals surface area contributed by atoms with Gasteiger partial charge in [-0.2, -0.15) is 0 Å². The van der Waals surface area contributed by atoms with Crippen LogP contribution in [0.25, 0.3) is 0 Å². The Bertz CT molecular complexity index is 522. The highest BCUT2D eigenvalue weighted by molar-refractivity contribution is 6.30. The van der Waals surface area contributed by atoms with Crippen molar-refractivity contribution in [2.45, 2.75) is 46.5 Å². The molecule has 1 aliphatic carbocycles. The predicted octanol–water partition coefficient (Wildman–Crippen LogP) is 4.92. The molecule has 1 aliphatic rings. The molecule has 1 saturated carbocycles. The van der Waals surface area contributed by atoms with E-state index in [1.165, 1.54) is 0 Å². The maximum atomic E-state index is 12.4. The van der Waals surface area contributed by atoms with Gasteiger partial charge < -0.3 is 4.74 Å². The quantitative estimate of drug-likeness (QED) is 0.789. The van der Waals surface area contributed by atoms with Gasteiger partial charge in [-0.1, -0.05) is 32.4 Å². The predicted molar refractivity (Wildman–Crippen MR) is 87.0 cm³/mol. The zero-order valence-electron chi connectivity index (χ0n) is 13.4. The summed E-state index contributed by atoms with van der Waals surface area (Å²) in [6.07, 6.45) is 3.67. The molecule has 0 radical (unpaired) electrons. The number of hydrogen-bond donors (Lipinski definition) is 0. The number of hydrogen-bond acceptors (Lipinski definition) is 2. The molecular formula is C18H25ClO2. The number of Topliss-reactive ketones (excluding diaryl/α,β-unsaturated/α-hetero) is 1. The van der Waals surface area contributed by atoms with Gasteiger partial charge in [0.25, 0.3) is 0 Å². The molecule has 2 rings (SSSR count). The van der Waals surface area contributed by atoms with Gasteiger partial charge in [0.05, 0.1) is 7.11 Å². The molecule has 21 heavy (non-hydrogen) atoms. The highest BCUT2D eigenvalue weighted by atomic mass is 35.5. The monoisotopic (exact) mass is 308 g/mol. The van der Waals surface area contributed by atoms with Gasteiger partial charge >= 0.3 is 0 Å². The van der Waals surface area contributed by atoms with E-state index in [0.29, 0.717) is 16.7 Å². The van der Waals surface area contributed by atoms with Crippen LogP contribution in [0.4, 0.5) is 0 Å². The minimum Gasteiger partial charge on any atom is -0.496 e. The van der Waals surface area contributed by atoms with Gasteiger partial charge in [0, 0.05) is 17.4 Å². The molecule has 2 atom stereocenters. The van der Waals surface area contributed by atoms with Crippen molar-refractivity contribution in [3.05, 3.63) is 28.8 Å². The summed E-state index contributed by atoms with van der Waals surface area (Å²) in [5, 5.41) is 0.713. The number of carbonyl (C=O) groups excluding carboxylic acids is 1. The fourth-order valence-electron chi connectivity index (χ4n) is 3.53. The molecule has 0 aromatic heterocycles. The third-order valence-electron chi connectivity index (χ3n) is 4.72. The first-order valence-electron chi connectivity index (χ1n) is 7.68. The zero-order valence-corrected chi connectivity index (χ0v) is 14.2. The lowest BCUT2D eigenvalue weighted by Crippen LogP contribution is -2.36. The van der Waals surface area contributed by atoms with Crippen LogP contribution < -0.4 is 4.74 Å². The molecule has 1 fully saturated rings. The SMILES string of the molecule is COc1ccc(Cl)cc1CC(C)(C)C1CCC(C)CC1=O. The van der Waals surface area contributed by atoms with E-state index < -0.39 is 0 Å². The maximum absolute atomic E-state index is 12.4. The first-order valence-corrected chi connectivity index (χ1v) is 8.06. The van der Waals surface area contributed by atoms with Crippen LogP contribution in [0, 0.1) is 17.3 Å². The Hall–Kier alpha value is -1.02. The Morgan fingerprint density at radius 1 is 1.33 bits per heavy atom. The van der Waals surface area contributed by atoms with E-state index in [-0.39, 0.29) is 11.3 Å². The molecule has 0 saturated heterocycles. The first kappa shape index (κ1) is 16.4. The third kappa shape index (κ3) is 3.79. The number of ketones is 1. The molecule has 116 valence electrons. The molecule has 0 aliphatic heterocycles. The van der Waals surface area contributed by atoms with Crippen molar-refractivity contribution in [1.82, 2.24) is 0 Å². The molecule has 0 heterocycles. The van der Waals surface area contributed by atoms with Crippen LogP contribution in [-0.2, 0) is 11.2 Å². The average Bonchev–Trinajstić information content (AvgIpc) is 2.37. The van der Waals surface area contributed by atoms with Gasteiger partial charge in [-0.3, -0.25) is 4.79 Å². The van der Waals surface area contributed by atoms with Crippen LogP contribution >= 0.6 is 11.6 Å². The van der Waals surface area contributed by atoms with Gasteiger partial charge in [-0.25, -0.2) is 0 Å². The Labute approximate surface area is 132 Å². The van der Waals surface area contributed by atoms with Crippen LogP contribution in [-0.4, -0.2) is 12.9 Å². The summed E-state index contributed by atoms with van der Waals surface area (Å²) < 4.78 is 5.43. The van der Waals surface area contributed by atoms with E-state index in [0.717, 1.165) is 37.0 Å². The number of rotatable bonds is 4. The minimum atomic E-state index is -0.0742. The number of methoxy groups -OCH3 is 1. The summed E-state index contributed by atoms with van der Waals surface area (Å²) in [5.74, 6) is 1.94. The van der Waals surface area contributed by atoms with Crippen molar-refractivity contribution in [3.63, 3.8) is 0 Å². The van der Waals surface area contributed by atoms with Gasteiger partial charge in [0.1, 0.15) is 11.5 Å². The largest absolute Gasteiger partial charge is 0.496 e. The molecule has 3 heteroatoms. The first-order chi connectivity index (χ1) is 9.83. The second-order valence-electron chi connectivity index (χ2n) is 7.03. The standard InChI is InChI=1S/C18H25ClO2/c1-12-5-7-15(16(20)9-12)18(2,3)11-13-10-14(19)6-8-17(13)21-4/h6,8,10,12,15H,5,7,9,11H2,1-4H3. The second-order valence-corrected chi connectivity index (χ2v) is 7.46. The molecule has 2 unspecified atom stereocenters. The van der Waals surface area contributed by atoms with Gasteiger partial charge in [0.15, 0.2) is 0 Å². The van der Waals surface area contributed by atoms with Crippen molar-refractivity contribution in [3.8, 4) is 5.75 Å². The number of halogens is 1. The fraction of sp³-hybridized carbons (Fsp3) is 0.611. The van der Waals surface area contributed by atoms with Crippen LogP contribution in [0.2, 0.25) is 5.02 Å². The fourth-order valence-corrected chi connectivity index (χ4v) is 3.72. The number of benzene rings is 1. The van der Waals surface area contributed by atoms with E-state index in [1.54, 1.807) is 7.11 Å². The molecule has 1 aromatic rings. The lowest BCUT2D eigenvalue weighted by Gasteiger charge is -2.38. The van der Waals surface area contributed by atoms with E-state index in [2.05, 4.69) is 20.8 Å². The van der Waals surface area contributed by atoms with Crippen molar-refractivity contribution in [1.29, 1.82) is 0 Å². The third-order valence-corrected chi connectivity index (χ3v) is 4.95. The summed E-state index contributed by atoms with van der Waals surface area (Å²) in [6, 6.07) is 5.70. The van der Waals surface area contributed by atoms with E-state index >= 15 is 0 Å². The molecule has 0 amide bonds. The number of carbonyl (C=O) groups is 1. The molecule has 2 nitrogen and oxygen atoms in total. The molecule has 0 N–H and O–H groups in total. The Morgan fingerprint density at radius 2 is 2.05 bits per heavy atom. The second kappa shape index (κ2) is 6.39. The Kier molecular flexibility index (Phi) is 4.98. The summed E-state index contributed by atoms with van der Waals surface area (Å²) in [6.45, 7) is 6.54. The summed E-state index contributed by atoms with van der Waals surface area (Å²) in [4.78, 5) is 12.4. The molecule has 1 aromatic carbocycles. The van der Waals surface area contributed by atoms with Crippen molar-refractivity contribution in [2.24, 2.45) is 17.3 Å². The van der Waals surface area contributed by atoms with Gasteiger partial charge in [-0.15, -0.1) is 0 Å². The Balaban J connectivity index is 2.21. The Morgan fingerprint density at radius 3 is 2.67 bits per heavy atom. The lowest BCUT2D eigenvalue weighted by molar-refractivity contribution is -0.129. The maximum Gasteiger partial charge on any atom is 0.136 e. The van der Waals surface area contributed by atoms with Crippen LogP contribution in [0.15, 0.2) is 18.2 Å². The minimum absolute atomic E-state index is 0.0742. The number of ether oxygens (including phenoxy) is 1. The summed E-state index contributed by atoms with van der Waals surface area (Å²) in [5.41, 5.74) is 1.01. The van der Waals surface area contributed by atoms with E-state index in [9.17, 15) is 4.79 Å². The summed E-state index contributed by atoms with van der Waals surface area (Å²) in [7, 11) is 1.67. The van der Waals surface area contributed by atoms with E-state index in [4.69, 9.17) is 16.3 Å². The molecule has 0 spiro atoms. The zero-order chi connectivity index (χ0) is 15.6. The van der Waals surface area contributed by atoms with Crippen LogP contribution in [0.5, 0.6) is 5.75 Å². The summed E-state index contributed by atoms with van der Waals surface area (Å²) >= 11 is 6.11. The van der Waals surface area contributed by atoms with Crippen LogP contribution in [0.3, 0.4) is 0 Å². The molecular weight excluding hydrogens is 284 g/mol. The topological polar surface area (TPSA) is 26.3 Å². The average molecular weight is 309 g/mol. The van der Waals surface area contributed by atoms with Crippen molar-refractivity contribution >= 4 is 17.4 Å². The van der Waals surface area contributed by atoms with Gasteiger partial charge in [0.2, 0.25) is 0 Å². The van der Waals surface area contributed by atoms with Crippen molar-refractivity contribution in [2.75, 3.05) is 7.11 Å². The van der Waals surface area contributed by atoms with E-state index in [1.807, 2.05) is 18.2 Å². The van der Waals surface area contributed by atoms with Gasteiger partial charge in [-0.05, 0) is 54.4 Å². The normalized spacial score (nSPS) is 23.2. The molecule has 0 bridgehead atoms.